The highest BCUT2D eigenvalue weighted by atomic mass is 16.4. The van der Waals surface area contributed by atoms with Gasteiger partial charge in [-0.05, 0) is 49.9 Å². The van der Waals surface area contributed by atoms with Crippen LogP contribution in [-0.2, 0) is 9.59 Å². The summed E-state index contributed by atoms with van der Waals surface area (Å²) in [6, 6.07) is 7.86. The molecule has 2 fully saturated rings. The van der Waals surface area contributed by atoms with Gasteiger partial charge in [0, 0.05) is 24.5 Å². The van der Waals surface area contributed by atoms with Gasteiger partial charge in [0.1, 0.15) is 0 Å². The highest BCUT2D eigenvalue weighted by molar-refractivity contribution is 5.95. The molecule has 3 rings (SSSR count). The second-order valence-electron chi connectivity index (χ2n) is 6.57. The number of anilines is 2. The second kappa shape index (κ2) is 7.02. The topological polar surface area (TPSA) is 69.6 Å². The number of rotatable bonds is 4. The SMILES string of the molecule is O=C(O)C1CCCCC1C(=O)Nc1ccc(N2CCCC2)cc1. The molecule has 2 N–H and O–H groups in total. The van der Waals surface area contributed by atoms with E-state index < -0.39 is 17.8 Å². The Labute approximate surface area is 136 Å². The molecule has 1 saturated carbocycles. The first-order chi connectivity index (χ1) is 11.1. The molecule has 1 aromatic carbocycles. The summed E-state index contributed by atoms with van der Waals surface area (Å²) in [5.74, 6) is -1.98. The number of aliphatic carboxylic acids is 1. The van der Waals surface area contributed by atoms with Crippen molar-refractivity contribution in [3.8, 4) is 0 Å². The number of carbonyl (C=O) groups is 2. The zero-order valence-electron chi connectivity index (χ0n) is 13.3. The van der Waals surface area contributed by atoms with Crippen molar-refractivity contribution < 1.29 is 14.7 Å². The van der Waals surface area contributed by atoms with Crippen LogP contribution in [0.2, 0.25) is 0 Å². The molecule has 1 saturated heterocycles. The Morgan fingerprint density at radius 1 is 0.957 bits per heavy atom. The third kappa shape index (κ3) is 3.66. The molecule has 0 spiro atoms. The van der Waals surface area contributed by atoms with E-state index in [9.17, 15) is 14.7 Å². The summed E-state index contributed by atoms with van der Waals surface area (Å²) in [5, 5.41) is 12.2. The number of carbonyl (C=O) groups excluding carboxylic acids is 1. The van der Waals surface area contributed by atoms with Crippen molar-refractivity contribution in [1.82, 2.24) is 0 Å². The van der Waals surface area contributed by atoms with Gasteiger partial charge >= 0.3 is 5.97 Å². The molecule has 0 radical (unpaired) electrons. The van der Waals surface area contributed by atoms with Gasteiger partial charge in [-0.1, -0.05) is 12.8 Å². The van der Waals surface area contributed by atoms with Crippen LogP contribution in [0.25, 0.3) is 0 Å². The average Bonchev–Trinajstić information content (AvgIpc) is 3.10. The maximum Gasteiger partial charge on any atom is 0.307 e. The molecule has 124 valence electrons. The van der Waals surface area contributed by atoms with Crippen LogP contribution in [-0.4, -0.2) is 30.1 Å². The highest BCUT2D eigenvalue weighted by Crippen LogP contribution is 2.31. The number of amides is 1. The van der Waals surface area contributed by atoms with E-state index >= 15 is 0 Å². The molecule has 2 aliphatic rings. The molecule has 2 atom stereocenters. The van der Waals surface area contributed by atoms with Gasteiger partial charge in [0.05, 0.1) is 11.8 Å². The van der Waals surface area contributed by atoms with Gasteiger partial charge in [0.25, 0.3) is 0 Å². The first-order valence-electron chi connectivity index (χ1n) is 8.54. The maximum atomic E-state index is 12.4. The van der Waals surface area contributed by atoms with Gasteiger partial charge in [0.15, 0.2) is 0 Å². The minimum absolute atomic E-state index is 0.161. The normalized spacial score (nSPS) is 24.4. The molecule has 5 heteroatoms. The van der Waals surface area contributed by atoms with Gasteiger partial charge in [0.2, 0.25) is 5.91 Å². The summed E-state index contributed by atoms with van der Waals surface area (Å²) in [5.41, 5.74) is 1.93. The first kappa shape index (κ1) is 15.8. The zero-order valence-corrected chi connectivity index (χ0v) is 13.3. The van der Waals surface area contributed by atoms with E-state index in [1.165, 1.54) is 18.5 Å². The number of hydrogen-bond donors (Lipinski definition) is 2. The summed E-state index contributed by atoms with van der Waals surface area (Å²) >= 11 is 0. The fourth-order valence-electron chi connectivity index (χ4n) is 3.71. The van der Waals surface area contributed by atoms with E-state index in [-0.39, 0.29) is 5.91 Å². The van der Waals surface area contributed by atoms with Crippen LogP contribution in [0.4, 0.5) is 11.4 Å². The molecule has 5 nitrogen and oxygen atoms in total. The van der Waals surface area contributed by atoms with E-state index in [2.05, 4.69) is 10.2 Å². The van der Waals surface area contributed by atoms with Gasteiger partial charge in [-0.25, -0.2) is 0 Å². The Balaban J connectivity index is 1.63. The van der Waals surface area contributed by atoms with Crippen LogP contribution < -0.4 is 10.2 Å². The predicted molar refractivity (Wildman–Crippen MR) is 89.6 cm³/mol. The van der Waals surface area contributed by atoms with E-state index in [0.29, 0.717) is 12.8 Å². The van der Waals surface area contributed by atoms with E-state index in [0.717, 1.165) is 31.6 Å². The van der Waals surface area contributed by atoms with Crippen molar-refractivity contribution in [3.63, 3.8) is 0 Å². The lowest BCUT2D eigenvalue weighted by Gasteiger charge is -2.27. The molecular formula is C18H24N2O3. The van der Waals surface area contributed by atoms with Crippen LogP contribution in [0.15, 0.2) is 24.3 Å². The number of nitrogens with zero attached hydrogens (tertiary/aromatic N) is 1. The maximum absolute atomic E-state index is 12.4. The molecule has 1 aromatic rings. The summed E-state index contributed by atoms with van der Waals surface area (Å²) < 4.78 is 0. The fourth-order valence-corrected chi connectivity index (χ4v) is 3.71. The Morgan fingerprint density at radius 2 is 1.57 bits per heavy atom. The van der Waals surface area contributed by atoms with E-state index in [4.69, 9.17) is 0 Å². The van der Waals surface area contributed by atoms with E-state index in [1.807, 2.05) is 24.3 Å². The van der Waals surface area contributed by atoms with Crippen LogP contribution in [0, 0.1) is 11.8 Å². The number of benzene rings is 1. The largest absolute Gasteiger partial charge is 0.481 e. The van der Waals surface area contributed by atoms with Gasteiger partial charge in [-0.3, -0.25) is 9.59 Å². The van der Waals surface area contributed by atoms with Gasteiger partial charge in [-0.2, -0.15) is 0 Å². The summed E-state index contributed by atoms with van der Waals surface area (Å²) in [6.45, 7) is 2.18. The molecular weight excluding hydrogens is 292 g/mol. The molecule has 0 bridgehead atoms. The highest BCUT2D eigenvalue weighted by Gasteiger charge is 2.35. The Bertz CT molecular complexity index is 564. The van der Waals surface area contributed by atoms with Crippen molar-refractivity contribution in [2.24, 2.45) is 11.8 Å². The lowest BCUT2D eigenvalue weighted by molar-refractivity contribution is -0.147. The number of hydrogen-bond acceptors (Lipinski definition) is 3. The average molecular weight is 316 g/mol. The quantitative estimate of drug-likeness (QED) is 0.895. The lowest BCUT2D eigenvalue weighted by Crippen LogP contribution is -2.36. The monoisotopic (exact) mass is 316 g/mol. The third-order valence-electron chi connectivity index (χ3n) is 5.03. The summed E-state index contributed by atoms with van der Waals surface area (Å²) in [7, 11) is 0. The molecule has 1 aliphatic carbocycles. The molecule has 23 heavy (non-hydrogen) atoms. The number of carboxylic acid groups (broad SMARTS) is 1. The predicted octanol–water partition coefficient (Wildman–Crippen LogP) is 3.12. The Hall–Kier alpha value is -2.04. The standard InChI is InChI=1S/C18H24N2O3/c21-17(15-5-1-2-6-16(15)18(22)23)19-13-7-9-14(10-8-13)20-11-3-4-12-20/h7-10,15-16H,1-6,11-12H2,(H,19,21)(H,22,23). The number of nitrogens with one attached hydrogen (secondary N) is 1. The Kier molecular flexibility index (Phi) is 4.84. The van der Waals surface area contributed by atoms with Crippen molar-refractivity contribution >= 4 is 23.3 Å². The summed E-state index contributed by atoms with van der Waals surface area (Å²) in [6.07, 6.45) is 5.55. The number of carboxylic acids is 1. The van der Waals surface area contributed by atoms with Crippen molar-refractivity contribution in [1.29, 1.82) is 0 Å². The zero-order chi connectivity index (χ0) is 16.2. The van der Waals surface area contributed by atoms with Crippen molar-refractivity contribution in [2.45, 2.75) is 38.5 Å². The molecule has 2 unspecified atom stereocenters. The second-order valence-corrected chi connectivity index (χ2v) is 6.57. The van der Waals surface area contributed by atoms with Crippen LogP contribution >= 0.6 is 0 Å². The lowest BCUT2D eigenvalue weighted by atomic mass is 9.78. The first-order valence-corrected chi connectivity index (χ1v) is 8.54. The van der Waals surface area contributed by atoms with Gasteiger partial charge < -0.3 is 15.3 Å². The molecule has 1 amide bonds. The van der Waals surface area contributed by atoms with Crippen LogP contribution in [0.5, 0.6) is 0 Å². The van der Waals surface area contributed by atoms with Crippen molar-refractivity contribution in [2.75, 3.05) is 23.3 Å². The van der Waals surface area contributed by atoms with Crippen LogP contribution in [0.3, 0.4) is 0 Å². The fraction of sp³-hybridized carbons (Fsp3) is 0.556. The minimum Gasteiger partial charge on any atom is -0.481 e. The minimum atomic E-state index is -0.853. The Morgan fingerprint density at radius 3 is 2.17 bits per heavy atom. The summed E-state index contributed by atoms with van der Waals surface area (Å²) in [4.78, 5) is 26.1. The van der Waals surface area contributed by atoms with Gasteiger partial charge in [-0.15, -0.1) is 0 Å². The van der Waals surface area contributed by atoms with Crippen molar-refractivity contribution in [3.05, 3.63) is 24.3 Å². The molecule has 1 heterocycles. The molecule has 0 aromatic heterocycles. The smallest absolute Gasteiger partial charge is 0.307 e. The third-order valence-corrected chi connectivity index (χ3v) is 5.03. The van der Waals surface area contributed by atoms with Crippen LogP contribution in [0.1, 0.15) is 38.5 Å². The van der Waals surface area contributed by atoms with E-state index in [1.54, 1.807) is 0 Å². The molecule has 1 aliphatic heterocycles.